The molecule has 2 N–H and O–H groups in total. The van der Waals surface area contributed by atoms with Gasteiger partial charge in [-0.3, -0.25) is 14.7 Å². The largest absolute Gasteiger partial charge is 0.469 e. The average Bonchev–Trinajstić information content (AvgIpc) is 2.85. The molecule has 0 bridgehead atoms. The molecule has 1 fully saturated rings. The molecule has 25 heavy (non-hydrogen) atoms. The number of methoxy groups -OCH3 is 1. The fourth-order valence-electron chi connectivity index (χ4n) is 3.17. The fraction of sp³-hybridized carbons (Fsp3) is 0.889. The van der Waals surface area contributed by atoms with Crippen molar-refractivity contribution in [2.24, 2.45) is 16.8 Å². The molecule has 0 aromatic heterocycles. The number of nitrogens with zero attached hydrogens (tertiary/aromatic N) is 2. The van der Waals surface area contributed by atoms with E-state index in [0.717, 1.165) is 12.5 Å². The van der Waals surface area contributed by atoms with E-state index in [1.165, 1.54) is 45.9 Å². The smallest absolute Gasteiger partial charge is 0.310 e. The summed E-state index contributed by atoms with van der Waals surface area (Å²) in [6.07, 6.45) is 5.30. The van der Waals surface area contributed by atoms with Gasteiger partial charge in [-0.1, -0.05) is 33.6 Å². The molecule has 0 amide bonds. The first-order valence-electron chi connectivity index (χ1n) is 9.26. The summed E-state index contributed by atoms with van der Waals surface area (Å²) in [4.78, 5) is 18.4. The molecular formula is C18H37IN4O2. The number of carbonyl (C=O) groups excluding carboxylic acids is 1. The predicted octanol–water partition coefficient (Wildman–Crippen LogP) is 2.48. The summed E-state index contributed by atoms with van der Waals surface area (Å²) < 4.78 is 4.75. The second-order valence-electron chi connectivity index (χ2n) is 7.02. The summed E-state index contributed by atoms with van der Waals surface area (Å²) in [6.45, 7) is 10.2. The lowest BCUT2D eigenvalue weighted by atomic mass is 10.0. The number of carbonyl (C=O) groups is 1. The lowest BCUT2D eigenvalue weighted by molar-refractivity contribution is -0.144. The molecule has 0 spiro atoms. The van der Waals surface area contributed by atoms with Gasteiger partial charge in [-0.25, -0.2) is 0 Å². The molecule has 0 aromatic rings. The summed E-state index contributed by atoms with van der Waals surface area (Å²) in [5, 5.41) is 6.64. The molecule has 1 saturated heterocycles. The molecule has 2 unspecified atom stereocenters. The van der Waals surface area contributed by atoms with Crippen molar-refractivity contribution < 1.29 is 9.53 Å². The van der Waals surface area contributed by atoms with Crippen LogP contribution >= 0.6 is 24.0 Å². The third-order valence-corrected chi connectivity index (χ3v) is 4.76. The van der Waals surface area contributed by atoms with E-state index >= 15 is 0 Å². The Morgan fingerprint density at radius 3 is 2.12 bits per heavy atom. The van der Waals surface area contributed by atoms with E-state index in [2.05, 4.69) is 34.4 Å². The molecule has 7 heteroatoms. The van der Waals surface area contributed by atoms with Gasteiger partial charge < -0.3 is 15.4 Å². The molecule has 2 atom stereocenters. The molecule has 6 nitrogen and oxygen atoms in total. The Morgan fingerprint density at radius 2 is 1.64 bits per heavy atom. The first-order chi connectivity index (χ1) is 11.5. The SMILES string of the molecule is CN=C(NCC(C)C(=O)OC)NCC(C(C)C)N1CCCCCC1.I. The number of rotatable bonds is 7. The summed E-state index contributed by atoms with van der Waals surface area (Å²) in [6, 6.07) is 0.500. The van der Waals surface area contributed by atoms with Crippen LogP contribution in [0.3, 0.4) is 0 Å². The van der Waals surface area contributed by atoms with Crippen LogP contribution in [-0.2, 0) is 9.53 Å². The van der Waals surface area contributed by atoms with Gasteiger partial charge in [0.05, 0.1) is 13.0 Å². The van der Waals surface area contributed by atoms with Crippen molar-refractivity contribution in [1.29, 1.82) is 0 Å². The molecular weight excluding hydrogens is 431 g/mol. The Bertz CT molecular complexity index is 397. The van der Waals surface area contributed by atoms with E-state index in [0.29, 0.717) is 18.5 Å². The van der Waals surface area contributed by atoms with Crippen LogP contribution in [0.25, 0.3) is 0 Å². The highest BCUT2D eigenvalue weighted by molar-refractivity contribution is 14.0. The van der Waals surface area contributed by atoms with Gasteiger partial charge in [0, 0.05) is 26.2 Å². The van der Waals surface area contributed by atoms with E-state index in [4.69, 9.17) is 4.74 Å². The van der Waals surface area contributed by atoms with Gasteiger partial charge in [0.25, 0.3) is 0 Å². The highest BCUT2D eigenvalue weighted by atomic mass is 127. The molecule has 148 valence electrons. The molecule has 1 heterocycles. The van der Waals surface area contributed by atoms with Crippen molar-refractivity contribution >= 4 is 35.9 Å². The summed E-state index contributed by atoms with van der Waals surface area (Å²) >= 11 is 0. The first kappa shape index (κ1) is 24.4. The van der Waals surface area contributed by atoms with Crippen LogP contribution in [0.4, 0.5) is 0 Å². The first-order valence-corrected chi connectivity index (χ1v) is 9.26. The van der Waals surface area contributed by atoms with E-state index in [1.54, 1.807) is 7.05 Å². The van der Waals surface area contributed by atoms with Crippen LogP contribution in [0.5, 0.6) is 0 Å². The number of nitrogens with one attached hydrogen (secondary N) is 2. The highest BCUT2D eigenvalue weighted by Gasteiger charge is 2.23. The van der Waals surface area contributed by atoms with Crippen molar-refractivity contribution in [3.8, 4) is 0 Å². The molecule has 0 aromatic carbocycles. The van der Waals surface area contributed by atoms with E-state index in [-0.39, 0.29) is 35.9 Å². The van der Waals surface area contributed by atoms with Crippen LogP contribution < -0.4 is 10.6 Å². The maximum atomic E-state index is 11.5. The summed E-state index contributed by atoms with van der Waals surface area (Å²) in [7, 11) is 3.18. The van der Waals surface area contributed by atoms with Gasteiger partial charge in [0.15, 0.2) is 5.96 Å². The Kier molecular flexibility index (Phi) is 13.3. The van der Waals surface area contributed by atoms with Crippen LogP contribution in [0, 0.1) is 11.8 Å². The van der Waals surface area contributed by atoms with Gasteiger partial charge in [0.2, 0.25) is 0 Å². The molecule has 0 aliphatic carbocycles. The zero-order valence-corrected chi connectivity index (χ0v) is 18.8. The number of halogens is 1. The highest BCUT2D eigenvalue weighted by Crippen LogP contribution is 2.17. The summed E-state index contributed by atoms with van der Waals surface area (Å²) in [5.41, 5.74) is 0. The van der Waals surface area contributed by atoms with Crippen LogP contribution in [0.15, 0.2) is 4.99 Å². The molecule has 1 aliphatic rings. The van der Waals surface area contributed by atoms with Crippen LogP contribution in [0.2, 0.25) is 0 Å². The van der Waals surface area contributed by atoms with Crippen LogP contribution in [0.1, 0.15) is 46.5 Å². The number of hydrogen-bond acceptors (Lipinski definition) is 4. The van der Waals surface area contributed by atoms with Gasteiger partial charge in [0.1, 0.15) is 0 Å². The monoisotopic (exact) mass is 468 g/mol. The Labute approximate surface area is 170 Å². The number of guanidine groups is 1. The number of esters is 1. The predicted molar refractivity (Wildman–Crippen MR) is 115 cm³/mol. The number of hydrogen-bond donors (Lipinski definition) is 2. The molecule has 0 saturated carbocycles. The zero-order valence-electron chi connectivity index (χ0n) is 16.5. The lowest BCUT2D eigenvalue weighted by Gasteiger charge is -2.34. The molecule has 0 radical (unpaired) electrons. The van der Waals surface area contributed by atoms with Gasteiger partial charge in [-0.05, 0) is 31.8 Å². The van der Waals surface area contributed by atoms with Crippen molar-refractivity contribution in [2.75, 3.05) is 40.3 Å². The molecule has 1 aliphatic heterocycles. The topological polar surface area (TPSA) is 66.0 Å². The normalized spacial score (nSPS) is 18.7. The number of aliphatic imine (C=N–C) groups is 1. The fourth-order valence-corrected chi connectivity index (χ4v) is 3.17. The molecule has 1 rings (SSSR count). The Morgan fingerprint density at radius 1 is 1.08 bits per heavy atom. The zero-order chi connectivity index (χ0) is 17.9. The maximum Gasteiger partial charge on any atom is 0.310 e. The van der Waals surface area contributed by atoms with E-state index in [1.807, 2.05) is 6.92 Å². The standard InChI is InChI=1S/C18H36N4O2.HI/c1-14(2)16(22-10-8-6-7-9-11-22)13-21-18(19-4)20-12-15(3)17(23)24-5;/h14-16H,6-13H2,1-5H3,(H2,19,20,21);1H. The van der Waals surface area contributed by atoms with E-state index in [9.17, 15) is 4.79 Å². The van der Waals surface area contributed by atoms with Crippen molar-refractivity contribution in [1.82, 2.24) is 15.5 Å². The van der Waals surface area contributed by atoms with Crippen molar-refractivity contribution in [3.05, 3.63) is 0 Å². The van der Waals surface area contributed by atoms with Crippen molar-refractivity contribution in [3.63, 3.8) is 0 Å². The Hall–Kier alpha value is -0.570. The number of likely N-dealkylation sites (tertiary alicyclic amines) is 1. The third-order valence-electron chi connectivity index (χ3n) is 4.76. The minimum Gasteiger partial charge on any atom is -0.469 e. The maximum absolute atomic E-state index is 11.5. The van der Waals surface area contributed by atoms with Gasteiger partial charge in [-0.2, -0.15) is 0 Å². The van der Waals surface area contributed by atoms with Gasteiger partial charge in [-0.15, -0.1) is 24.0 Å². The van der Waals surface area contributed by atoms with Crippen molar-refractivity contribution in [2.45, 2.75) is 52.5 Å². The minimum absolute atomic E-state index is 0. The lowest BCUT2D eigenvalue weighted by Crippen LogP contribution is -2.50. The van der Waals surface area contributed by atoms with Gasteiger partial charge >= 0.3 is 5.97 Å². The minimum atomic E-state index is -0.206. The second-order valence-corrected chi connectivity index (χ2v) is 7.02. The quantitative estimate of drug-likeness (QED) is 0.260. The average molecular weight is 468 g/mol. The van der Waals surface area contributed by atoms with Crippen LogP contribution in [-0.4, -0.2) is 63.2 Å². The van der Waals surface area contributed by atoms with E-state index < -0.39 is 0 Å². The number of ether oxygens (including phenoxy) is 1. The summed E-state index contributed by atoms with van der Waals surface area (Å²) in [5.74, 6) is 0.927. The second kappa shape index (κ2) is 13.6. The third kappa shape index (κ3) is 9.08. The Balaban J connectivity index is 0.00000576.